The maximum absolute atomic E-state index is 12.3. The van der Waals surface area contributed by atoms with Gasteiger partial charge in [0.15, 0.2) is 5.11 Å². The lowest BCUT2D eigenvalue weighted by molar-refractivity contribution is -0.119. The summed E-state index contributed by atoms with van der Waals surface area (Å²) in [5.74, 6) is -0.104. The van der Waals surface area contributed by atoms with E-state index in [4.69, 9.17) is 12.2 Å². The van der Waals surface area contributed by atoms with Gasteiger partial charge in [-0.25, -0.2) is 0 Å². The highest BCUT2D eigenvalue weighted by Crippen LogP contribution is 2.16. The van der Waals surface area contributed by atoms with Gasteiger partial charge in [0.2, 0.25) is 11.8 Å². The maximum Gasteiger partial charge on any atom is 0.226 e. The molecule has 2 aromatic rings. The van der Waals surface area contributed by atoms with Crippen LogP contribution in [0, 0.1) is 0 Å². The summed E-state index contributed by atoms with van der Waals surface area (Å²) in [4.78, 5) is 24.5. The number of rotatable bonds is 17. The first-order valence-corrected chi connectivity index (χ1v) is 14.0. The highest BCUT2D eigenvalue weighted by Gasteiger charge is 2.07. The molecule has 2 aromatic carbocycles. The number of nitrogens with one attached hydrogen (secondary N) is 3. The Labute approximate surface area is 222 Å². The van der Waals surface area contributed by atoms with Crippen LogP contribution in [-0.2, 0) is 16.0 Å². The van der Waals surface area contributed by atoms with E-state index in [1.165, 1.54) is 57.8 Å². The predicted molar refractivity (Wildman–Crippen MR) is 155 cm³/mol. The predicted octanol–water partition coefficient (Wildman–Crippen LogP) is 7.77. The molecule has 36 heavy (non-hydrogen) atoms. The van der Waals surface area contributed by atoms with Gasteiger partial charge >= 0.3 is 0 Å². The van der Waals surface area contributed by atoms with E-state index in [1.54, 1.807) is 0 Å². The summed E-state index contributed by atoms with van der Waals surface area (Å²) in [6.45, 7) is 2.25. The lowest BCUT2D eigenvalue weighted by Gasteiger charge is -2.11. The Balaban J connectivity index is 1.57. The number of amides is 2. The molecule has 0 aromatic heterocycles. The highest BCUT2D eigenvalue weighted by atomic mass is 32.1. The smallest absolute Gasteiger partial charge is 0.226 e. The van der Waals surface area contributed by atoms with Gasteiger partial charge in [-0.1, -0.05) is 108 Å². The van der Waals surface area contributed by atoms with Crippen LogP contribution in [0.25, 0.3) is 0 Å². The minimum Gasteiger partial charge on any atom is -0.332 e. The zero-order valence-corrected chi connectivity index (χ0v) is 22.6. The van der Waals surface area contributed by atoms with Gasteiger partial charge in [0.1, 0.15) is 0 Å². The molecule has 0 radical (unpaired) electrons. The number of hydrogen-bond donors (Lipinski definition) is 3. The molecule has 0 aliphatic rings. The van der Waals surface area contributed by atoms with Crippen LogP contribution in [0.5, 0.6) is 0 Å². The van der Waals surface area contributed by atoms with Crippen molar-refractivity contribution < 1.29 is 9.59 Å². The first-order valence-electron chi connectivity index (χ1n) is 13.6. The van der Waals surface area contributed by atoms with E-state index < -0.39 is 0 Å². The summed E-state index contributed by atoms with van der Waals surface area (Å²) in [5.41, 5.74) is 2.54. The lowest BCUT2D eigenvalue weighted by Crippen LogP contribution is -2.33. The first-order chi connectivity index (χ1) is 17.6. The molecule has 0 atom stereocenters. The SMILES string of the molecule is CCCCCCCCCCCCCC(=O)NC(=S)Nc1cccc(NC(=O)CCc2ccccc2)c1. The molecular formula is C30H43N3O2S. The van der Waals surface area contributed by atoms with Gasteiger partial charge in [-0.05, 0) is 48.8 Å². The van der Waals surface area contributed by atoms with E-state index >= 15 is 0 Å². The van der Waals surface area contributed by atoms with E-state index in [0.29, 0.717) is 24.9 Å². The Morgan fingerprint density at radius 1 is 0.667 bits per heavy atom. The van der Waals surface area contributed by atoms with Crippen molar-refractivity contribution in [2.75, 3.05) is 10.6 Å². The zero-order valence-electron chi connectivity index (χ0n) is 21.8. The van der Waals surface area contributed by atoms with E-state index in [1.807, 2.05) is 54.6 Å². The minimum absolute atomic E-state index is 0.0427. The van der Waals surface area contributed by atoms with Crippen molar-refractivity contribution in [1.82, 2.24) is 5.32 Å². The summed E-state index contributed by atoms with van der Waals surface area (Å²) in [6.07, 6.45) is 15.4. The third-order valence-electron chi connectivity index (χ3n) is 6.15. The average Bonchev–Trinajstić information content (AvgIpc) is 2.87. The Morgan fingerprint density at radius 3 is 1.89 bits per heavy atom. The summed E-state index contributed by atoms with van der Waals surface area (Å²) in [7, 11) is 0. The standard InChI is InChI=1S/C30H43N3O2S/c1-2-3-4-5-6-7-8-9-10-11-15-21-28(34)33-30(36)32-27-20-16-19-26(24-27)31-29(35)23-22-25-17-13-12-14-18-25/h12-14,16-20,24H,2-11,15,21-23H2,1H3,(H,31,35)(H2,32,33,34,36). The summed E-state index contributed by atoms with van der Waals surface area (Å²) in [6, 6.07) is 17.3. The second-order valence-electron chi connectivity index (χ2n) is 9.40. The number of thiocarbonyl (C=S) groups is 1. The molecule has 3 N–H and O–H groups in total. The van der Waals surface area contributed by atoms with Gasteiger partial charge in [0.05, 0.1) is 0 Å². The summed E-state index contributed by atoms with van der Waals surface area (Å²) >= 11 is 5.30. The van der Waals surface area contributed by atoms with Crippen LogP contribution in [-0.4, -0.2) is 16.9 Å². The van der Waals surface area contributed by atoms with Gasteiger partial charge in [-0.3, -0.25) is 9.59 Å². The number of unbranched alkanes of at least 4 members (excludes halogenated alkanes) is 10. The Morgan fingerprint density at radius 2 is 1.25 bits per heavy atom. The van der Waals surface area contributed by atoms with Crippen molar-refractivity contribution in [1.29, 1.82) is 0 Å². The van der Waals surface area contributed by atoms with Crippen LogP contribution in [0.3, 0.4) is 0 Å². The Hall–Kier alpha value is -2.73. The quantitative estimate of drug-likeness (QED) is 0.150. The third kappa shape index (κ3) is 14.0. The molecule has 0 bridgehead atoms. The van der Waals surface area contributed by atoms with Crippen molar-refractivity contribution in [3.05, 3.63) is 60.2 Å². The average molecular weight is 510 g/mol. The number of benzene rings is 2. The van der Waals surface area contributed by atoms with Gasteiger partial charge < -0.3 is 16.0 Å². The molecular weight excluding hydrogens is 466 g/mol. The largest absolute Gasteiger partial charge is 0.332 e. The van der Waals surface area contributed by atoms with E-state index in [-0.39, 0.29) is 16.9 Å². The fourth-order valence-corrected chi connectivity index (χ4v) is 4.33. The molecule has 0 saturated carbocycles. The zero-order chi connectivity index (χ0) is 25.8. The van der Waals surface area contributed by atoms with Crippen molar-refractivity contribution >= 4 is 40.5 Å². The van der Waals surface area contributed by atoms with Crippen molar-refractivity contribution in [3.8, 4) is 0 Å². The fraction of sp³-hybridized carbons (Fsp3) is 0.500. The number of anilines is 2. The molecule has 2 amide bonds. The van der Waals surface area contributed by atoms with Gasteiger partial charge in [-0.15, -0.1) is 0 Å². The normalized spacial score (nSPS) is 10.6. The molecule has 0 fully saturated rings. The topological polar surface area (TPSA) is 70.2 Å². The van der Waals surface area contributed by atoms with Gasteiger partial charge in [0.25, 0.3) is 0 Å². The van der Waals surface area contributed by atoms with E-state index in [9.17, 15) is 9.59 Å². The number of carbonyl (C=O) groups is 2. The molecule has 0 heterocycles. The maximum atomic E-state index is 12.3. The van der Waals surface area contributed by atoms with Crippen LogP contribution in [0.4, 0.5) is 11.4 Å². The van der Waals surface area contributed by atoms with Crippen molar-refractivity contribution in [3.63, 3.8) is 0 Å². The van der Waals surface area contributed by atoms with Crippen molar-refractivity contribution in [2.24, 2.45) is 0 Å². The molecule has 0 aliphatic carbocycles. The minimum atomic E-state index is -0.0613. The monoisotopic (exact) mass is 509 g/mol. The van der Waals surface area contributed by atoms with Crippen LogP contribution in [0.15, 0.2) is 54.6 Å². The summed E-state index contributed by atoms with van der Waals surface area (Å²) in [5, 5.41) is 8.99. The molecule has 6 heteroatoms. The van der Waals surface area contributed by atoms with Gasteiger partial charge in [0, 0.05) is 24.2 Å². The molecule has 2 rings (SSSR count). The van der Waals surface area contributed by atoms with E-state index in [2.05, 4.69) is 22.9 Å². The molecule has 0 aliphatic heterocycles. The second kappa shape index (κ2) is 18.5. The van der Waals surface area contributed by atoms with Crippen molar-refractivity contribution in [2.45, 2.75) is 96.8 Å². The number of aryl methyl sites for hydroxylation is 1. The second-order valence-corrected chi connectivity index (χ2v) is 9.81. The van der Waals surface area contributed by atoms with Crippen LogP contribution >= 0.6 is 12.2 Å². The Kier molecular flexibility index (Phi) is 15.2. The molecule has 0 spiro atoms. The third-order valence-corrected chi connectivity index (χ3v) is 6.35. The van der Waals surface area contributed by atoms with Crippen LogP contribution < -0.4 is 16.0 Å². The Bertz CT molecular complexity index is 917. The number of carbonyl (C=O) groups excluding carboxylic acids is 2. The highest BCUT2D eigenvalue weighted by molar-refractivity contribution is 7.80. The number of hydrogen-bond acceptors (Lipinski definition) is 3. The lowest BCUT2D eigenvalue weighted by atomic mass is 10.1. The first kappa shape index (κ1) is 29.5. The molecule has 196 valence electrons. The fourth-order valence-electron chi connectivity index (χ4n) is 4.10. The van der Waals surface area contributed by atoms with Crippen LogP contribution in [0.2, 0.25) is 0 Å². The van der Waals surface area contributed by atoms with Gasteiger partial charge in [-0.2, -0.15) is 0 Å². The molecule has 5 nitrogen and oxygen atoms in total. The van der Waals surface area contributed by atoms with E-state index in [0.717, 1.165) is 24.1 Å². The molecule has 0 saturated heterocycles. The molecule has 0 unspecified atom stereocenters. The van der Waals surface area contributed by atoms with Crippen LogP contribution in [0.1, 0.15) is 96.0 Å². The summed E-state index contributed by atoms with van der Waals surface area (Å²) < 4.78 is 0.